The standard InChI is InChI=1S/C18H24N2O2/c1-20-9-8-17-6-2-3-7-18(17,22)15(20)11-12-4-5-13(16(19)21)10-14(12)17/h4-5,10,15,22H,2-3,6-9,11H2,1H3,(H2,19,21)/t15-,17+,18-/m1/s1. The number of fused-ring (bicyclic) bond motifs is 1. The Hall–Kier alpha value is -1.39. The third-order valence-electron chi connectivity index (χ3n) is 6.54. The van der Waals surface area contributed by atoms with Crippen LogP contribution < -0.4 is 5.73 Å². The number of carbonyl (C=O) groups is 1. The molecule has 1 saturated carbocycles. The highest BCUT2D eigenvalue weighted by molar-refractivity contribution is 5.93. The summed E-state index contributed by atoms with van der Waals surface area (Å²) in [5.41, 5.74) is 7.67. The quantitative estimate of drug-likeness (QED) is 0.827. The van der Waals surface area contributed by atoms with E-state index in [0.717, 1.165) is 45.1 Å². The molecular weight excluding hydrogens is 276 g/mol. The fourth-order valence-corrected chi connectivity index (χ4v) is 5.38. The van der Waals surface area contributed by atoms with E-state index < -0.39 is 5.60 Å². The van der Waals surface area contributed by atoms with E-state index >= 15 is 0 Å². The highest BCUT2D eigenvalue weighted by Crippen LogP contribution is 2.57. The number of nitrogens with two attached hydrogens (primary N) is 1. The molecule has 0 unspecified atom stereocenters. The lowest BCUT2D eigenvalue weighted by Gasteiger charge is -2.63. The number of benzene rings is 1. The van der Waals surface area contributed by atoms with Gasteiger partial charge >= 0.3 is 0 Å². The number of likely N-dealkylation sites (tertiary alicyclic amines) is 1. The van der Waals surface area contributed by atoms with Crippen molar-refractivity contribution >= 4 is 5.91 Å². The van der Waals surface area contributed by atoms with Crippen molar-refractivity contribution in [1.82, 2.24) is 4.90 Å². The van der Waals surface area contributed by atoms with E-state index in [0.29, 0.717) is 5.56 Å². The van der Waals surface area contributed by atoms with E-state index in [-0.39, 0.29) is 17.4 Å². The second-order valence-corrected chi connectivity index (χ2v) is 7.40. The van der Waals surface area contributed by atoms with Crippen LogP contribution in [0.4, 0.5) is 0 Å². The minimum Gasteiger partial charge on any atom is -0.387 e. The van der Waals surface area contributed by atoms with Crippen LogP contribution in [-0.2, 0) is 11.8 Å². The van der Waals surface area contributed by atoms with Crippen molar-refractivity contribution in [2.45, 2.75) is 55.6 Å². The van der Waals surface area contributed by atoms with Crippen LogP contribution in [0, 0.1) is 0 Å². The van der Waals surface area contributed by atoms with Crippen molar-refractivity contribution < 1.29 is 9.90 Å². The number of hydrogen-bond donors (Lipinski definition) is 2. The summed E-state index contributed by atoms with van der Waals surface area (Å²) < 4.78 is 0. The number of rotatable bonds is 1. The van der Waals surface area contributed by atoms with Crippen molar-refractivity contribution in [3.05, 3.63) is 34.9 Å². The molecule has 0 radical (unpaired) electrons. The molecule has 2 bridgehead atoms. The fourth-order valence-electron chi connectivity index (χ4n) is 5.38. The molecular formula is C18H24N2O2. The summed E-state index contributed by atoms with van der Waals surface area (Å²) in [6.07, 6.45) is 5.95. The molecule has 3 N–H and O–H groups in total. The first-order valence-electron chi connectivity index (χ1n) is 8.34. The van der Waals surface area contributed by atoms with Gasteiger partial charge in [0.15, 0.2) is 0 Å². The van der Waals surface area contributed by atoms with Gasteiger partial charge in [0.2, 0.25) is 5.91 Å². The molecule has 0 spiro atoms. The third kappa shape index (κ3) is 1.62. The first-order chi connectivity index (χ1) is 10.5. The molecule has 4 heteroatoms. The summed E-state index contributed by atoms with van der Waals surface area (Å²) in [5.74, 6) is -0.381. The summed E-state index contributed by atoms with van der Waals surface area (Å²) in [4.78, 5) is 13.9. The summed E-state index contributed by atoms with van der Waals surface area (Å²) in [5, 5.41) is 11.7. The molecule has 1 aromatic carbocycles. The van der Waals surface area contributed by atoms with Crippen molar-refractivity contribution in [3.63, 3.8) is 0 Å². The molecule has 2 aliphatic carbocycles. The van der Waals surface area contributed by atoms with E-state index in [4.69, 9.17) is 5.73 Å². The Morgan fingerprint density at radius 2 is 2.09 bits per heavy atom. The van der Waals surface area contributed by atoms with Crippen LogP contribution in [0.2, 0.25) is 0 Å². The van der Waals surface area contributed by atoms with Gasteiger partial charge in [0.05, 0.1) is 5.60 Å². The van der Waals surface area contributed by atoms with Gasteiger partial charge in [-0.25, -0.2) is 0 Å². The Bertz CT molecular complexity index is 644. The zero-order valence-electron chi connectivity index (χ0n) is 13.1. The molecule has 1 heterocycles. The summed E-state index contributed by atoms with van der Waals surface area (Å²) in [7, 11) is 2.13. The van der Waals surface area contributed by atoms with Crippen LogP contribution >= 0.6 is 0 Å². The summed E-state index contributed by atoms with van der Waals surface area (Å²) in [6.45, 7) is 1.01. The SMILES string of the molecule is CN1CC[C@]23CCCC[C@@]2(O)[C@H]1Cc1ccc(C(N)=O)cc13. The summed E-state index contributed by atoms with van der Waals surface area (Å²) in [6, 6.07) is 6.04. The maximum Gasteiger partial charge on any atom is 0.248 e. The molecule has 1 aliphatic heterocycles. The minimum atomic E-state index is -0.665. The highest BCUT2D eigenvalue weighted by Gasteiger charge is 2.62. The van der Waals surface area contributed by atoms with Crippen LogP contribution in [0.5, 0.6) is 0 Å². The molecule has 118 valence electrons. The number of amides is 1. The van der Waals surface area contributed by atoms with E-state index in [2.05, 4.69) is 18.0 Å². The van der Waals surface area contributed by atoms with Gasteiger partial charge in [0, 0.05) is 17.0 Å². The Kier molecular flexibility index (Phi) is 2.94. The lowest BCUT2D eigenvalue weighted by atomic mass is 9.49. The van der Waals surface area contributed by atoms with Gasteiger partial charge in [-0.2, -0.15) is 0 Å². The number of aliphatic hydroxyl groups is 1. The second-order valence-electron chi connectivity index (χ2n) is 7.40. The van der Waals surface area contributed by atoms with Gasteiger partial charge in [-0.05, 0) is 62.5 Å². The first kappa shape index (κ1) is 14.2. The Morgan fingerprint density at radius 1 is 1.32 bits per heavy atom. The molecule has 1 saturated heterocycles. The van der Waals surface area contributed by atoms with Crippen LogP contribution in [0.15, 0.2) is 18.2 Å². The molecule has 2 fully saturated rings. The Morgan fingerprint density at radius 3 is 2.86 bits per heavy atom. The number of likely N-dealkylation sites (N-methyl/N-ethyl adjacent to an activating group) is 1. The molecule has 1 amide bonds. The predicted octanol–water partition coefficient (Wildman–Crippen LogP) is 1.59. The van der Waals surface area contributed by atoms with Gasteiger partial charge in [0.25, 0.3) is 0 Å². The molecule has 22 heavy (non-hydrogen) atoms. The molecule has 3 aliphatic rings. The average Bonchev–Trinajstić information content (AvgIpc) is 2.50. The van der Waals surface area contributed by atoms with Crippen LogP contribution in [-0.4, -0.2) is 41.1 Å². The van der Waals surface area contributed by atoms with Gasteiger partial charge in [-0.15, -0.1) is 0 Å². The third-order valence-corrected chi connectivity index (χ3v) is 6.54. The maximum atomic E-state index is 11.7. The number of nitrogens with zero attached hydrogens (tertiary/aromatic N) is 1. The number of piperidine rings is 1. The molecule has 1 aromatic rings. The van der Waals surface area contributed by atoms with Gasteiger partial charge in [-0.3, -0.25) is 4.79 Å². The summed E-state index contributed by atoms with van der Waals surface area (Å²) >= 11 is 0. The van der Waals surface area contributed by atoms with Gasteiger partial charge < -0.3 is 15.7 Å². The fraction of sp³-hybridized carbons (Fsp3) is 0.611. The second kappa shape index (κ2) is 4.56. The molecule has 0 aromatic heterocycles. The largest absolute Gasteiger partial charge is 0.387 e. The van der Waals surface area contributed by atoms with Gasteiger partial charge in [-0.1, -0.05) is 18.9 Å². The average molecular weight is 300 g/mol. The van der Waals surface area contributed by atoms with Crippen molar-refractivity contribution in [2.24, 2.45) is 5.73 Å². The monoisotopic (exact) mass is 300 g/mol. The van der Waals surface area contributed by atoms with Crippen LogP contribution in [0.25, 0.3) is 0 Å². The first-order valence-corrected chi connectivity index (χ1v) is 8.34. The Labute approximate surface area is 131 Å². The zero-order valence-corrected chi connectivity index (χ0v) is 13.1. The minimum absolute atomic E-state index is 0.188. The lowest BCUT2D eigenvalue weighted by Crippen LogP contribution is -2.71. The maximum absolute atomic E-state index is 11.7. The van der Waals surface area contributed by atoms with Gasteiger partial charge in [0.1, 0.15) is 0 Å². The van der Waals surface area contributed by atoms with Crippen molar-refractivity contribution in [2.75, 3.05) is 13.6 Å². The van der Waals surface area contributed by atoms with E-state index in [1.54, 1.807) is 0 Å². The Balaban J connectivity index is 1.94. The zero-order chi connectivity index (χ0) is 15.5. The number of hydrogen-bond acceptors (Lipinski definition) is 3. The normalized spacial score (nSPS) is 37.3. The van der Waals surface area contributed by atoms with Crippen LogP contribution in [0.1, 0.15) is 53.6 Å². The topological polar surface area (TPSA) is 66.6 Å². The van der Waals surface area contributed by atoms with Crippen LogP contribution in [0.3, 0.4) is 0 Å². The predicted molar refractivity (Wildman–Crippen MR) is 84.8 cm³/mol. The number of carbonyl (C=O) groups excluding carboxylic acids is 1. The van der Waals surface area contributed by atoms with E-state index in [9.17, 15) is 9.90 Å². The smallest absolute Gasteiger partial charge is 0.248 e. The molecule has 4 nitrogen and oxygen atoms in total. The lowest BCUT2D eigenvalue weighted by molar-refractivity contribution is -0.160. The van der Waals surface area contributed by atoms with Crippen molar-refractivity contribution in [3.8, 4) is 0 Å². The molecule has 3 atom stereocenters. The van der Waals surface area contributed by atoms with E-state index in [1.165, 1.54) is 11.1 Å². The van der Waals surface area contributed by atoms with E-state index in [1.807, 2.05) is 12.1 Å². The number of primary amides is 1. The molecule has 4 rings (SSSR count). The highest BCUT2D eigenvalue weighted by atomic mass is 16.3. The van der Waals surface area contributed by atoms with Crippen molar-refractivity contribution in [1.29, 1.82) is 0 Å².